The molecular weight excluding hydrogens is 302 g/mol. The predicted molar refractivity (Wildman–Crippen MR) is 84.3 cm³/mol. The Bertz CT molecular complexity index is 939. The predicted octanol–water partition coefficient (Wildman–Crippen LogP) is 2.20. The van der Waals surface area contributed by atoms with Gasteiger partial charge >= 0.3 is 0 Å². The maximum atomic E-state index is 12.7. The van der Waals surface area contributed by atoms with Gasteiger partial charge < -0.3 is 4.98 Å². The summed E-state index contributed by atoms with van der Waals surface area (Å²) in [6, 6.07) is 3.68. The molecule has 7 nitrogen and oxygen atoms in total. The van der Waals surface area contributed by atoms with Gasteiger partial charge in [0.1, 0.15) is 4.90 Å². The lowest BCUT2D eigenvalue weighted by Gasteiger charge is -2.08. The standard InChI is InChI=1S/C14H17N5O2S/c1-4-19-10(3)13(9(2)17-19)22(20,21)18-14-12-11(5-7-15-12)6-8-16-14/h5-8,15H,4H2,1-3H3,(H,16,18). The number of H-pyrrole nitrogens is 1. The maximum Gasteiger partial charge on any atom is 0.266 e. The molecule has 3 aromatic rings. The molecule has 3 aromatic heterocycles. The van der Waals surface area contributed by atoms with Crippen molar-refractivity contribution in [2.45, 2.75) is 32.2 Å². The Balaban J connectivity index is 2.08. The first-order valence-electron chi connectivity index (χ1n) is 6.93. The lowest BCUT2D eigenvalue weighted by Crippen LogP contribution is -2.16. The Morgan fingerprint density at radius 3 is 2.77 bits per heavy atom. The summed E-state index contributed by atoms with van der Waals surface area (Å²) in [6.45, 7) is 5.98. The number of hydrogen-bond acceptors (Lipinski definition) is 4. The maximum absolute atomic E-state index is 12.7. The van der Waals surface area contributed by atoms with Crippen LogP contribution in [-0.2, 0) is 16.6 Å². The van der Waals surface area contributed by atoms with Gasteiger partial charge in [-0.3, -0.25) is 9.40 Å². The molecular formula is C14H17N5O2S. The molecule has 0 saturated heterocycles. The second-order valence-electron chi connectivity index (χ2n) is 5.02. The quantitative estimate of drug-likeness (QED) is 0.771. The van der Waals surface area contributed by atoms with E-state index >= 15 is 0 Å². The number of aromatic amines is 1. The van der Waals surface area contributed by atoms with Gasteiger partial charge in [-0.25, -0.2) is 13.4 Å². The van der Waals surface area contributed by atoms with Crippen LogP contribution >= 0.6 is 0 Å². The van der Waals surface area contributed by atoms with Gasteiger partial charge in [-0.05, 0) is 32.9 Å². The lowest BCUT2D eigenvalue weighted by atomic mass is 10.3. The van der Waals surface area contributed by atoms with Gasteiger partial charge in [-0.2, -0.15) is 5.10 Å². The third-order valence-electron chi connectivity index (χ3n) is 3.59. The highest BCUT2D eigenvalue weighted by Crippen LogP contribution is 2.25. The summed E-state index contributed by atoms with van der Waals surface area (Å²) in [7, 11) is -3.75. The zero-order valence-corrected chi connectivity index (χ0v) is 13.4. The van der Waals surface area contributed by atoms with Crippen molar-refractivity contribution in [1.29, 1.82) is 0 Å². The summed E-state index contributed by atoms with van der Waals surface area (Å²) >= 11 is 0. The molecule has 116 valence electrons. The van der Waals surface area contributed by atoms with Crippen LogP contribution in [0.3, 0.4) is 0 Å². The van der Waals surface area contributed by atoms with Gasteiger partial charge in [0.05, 0.1) is 16.9 Å². The van der Waals surface area contributed by atoms with E-state index in [2.05, 4.69) is 19.8 Å². The van der Waals surface area contributed by atoms with E-state index < -0.39 is 10.0 Å². The van der Waals surface area contributed by atoms with Crippen molar-refractivity contribution in [1.82, 2.24) is 19.7 Å². The summed E-state index contributed by atoms with van der Waals surface area (Å²) in [5.41, 5.74) is 1.75. The van der Waals surface area contributed by atoms with Crippen molar-refractivity contribution >= 4 is 26.7 Å². The van der Waals surface area contributed by atoms with E-state index in [1.807, 2.05) is 19.1 Å². The van der Waals surface area contributed by atoms with E-state index in [1.54, 1.807) is 30.9 Å². The second-order valence-corrected chi connectivity index (χ2v) is 6.64. The van der Waals surface area contributed by atoms with E-state index in [-0.39, 0.29) is 10.7 Å². The van der Waals surface area contributed by atoms with Gasteiger partial charge in [0.2, 0.25) is 0 Å². The molecule has 0 unspecified atom stereocenters. The smallest absolute Gasteiger partial charge is 0.266 e. The summed E-state index contributed by atoms with van der Waals surface area (Å²) < 4.78 is 29.7. The summed E-state index contributed by atoms with van der Waals surface area (Å²) in [4.78, 5) is 7.33. The summed E-state index contributed by atoms with van der Waals surface area (Å²) in [5.74, 6) is 0.283. The molecule has 0 fully saturated rings. The van der Waals surface area contributed by atoms with Crippen LogP contribution in [0.2, 0.25) is 0 Å². The third-order valence-corrected chi connectivity index (χ3v) is 5.18. The first-order chi connectivity index (χ1) is 10.4. The highest BCUT2D eigenvalue weighted by atomic mass is 32.2. The number of aryl methyl sites for hydroxylation is 2. The summed E-state index contributed by atoms with van der Waals surface area (Å²) in [5, 5.41) is 5.15. The topological polar surface area (TPSA) is 92.7 Å². The normalized spacial score (nSPS) is 12.0. The number of sulfonamides is 1. The molecule has 3 heterocycles. The lowest BCUT2D eigenvalue weighted by molar-refractivity contribution is 0.598. The van der Waals surface area contributed by atoms with Crippen LogP contribution in [0.15, 0.2) is 29.4 Å². The van der Waals surface area contributed by atoms with Gasteiger partial charge in [0.15, 0.2) is 5.82 Å². The van der Waals surface area contributed by atoms with Crippen molar-refractivity contribution in [3.63, 3.8) is 0 Å². The van der Waals surface area contributed by atoms with Gasteiger partial charge in [-0.1, -0.05) is 0 Å². The molecule has 0 atom stereocenters. The molecule has 0 aliphatic rings. The fraction of sp³-hybridized carbons (Fsp3) is 0.286. The van der Waals surface area contributed by atoms with Crippen LogP contribution < -0.4 is 4.72 Å². The first-order valence-corrected chi connectivity index (χ1v) is 8.41. The van der Waals surface area contributed by atoms with Crippen LogP contribution in [0.1, 0.15) is 18.3 Å². The SMILES string of the molecule is CCn1nc(C)c(S(=O)(=O)Nc2nccc3cc[nH]c23)c1C. The van der Waals surface area contributed by atoms with Crippen molar-refractivity contribution in [2.24, 2.45) is 0 Å². The van der Waals surface area contributed by atoms with Crippen LogP contribution in [-0.4, -0.2) is 28.2 Å². The Morgan fingerprint density at radius 1 is 1.32 bits per heavy atom. The molecule has 22 heavy (non-hydrogen) atoms. The van der Waals surface area contributed by atoms with E-state index in [1.165, 1.54) is 0 Å². The number of pyridine rings is 1. The number of nitrogens with one attached hydrogen (secondary N) is 2. The van der Waals surface area contributed by atoms with Crippen molar-refractivity contribution < 1.29 is 8.42 Å². The van der Waals surface area contributed by atoms with Gasteiger partial charge in [0.25, 0.3) is 10.0 Å². The average molecular weight is 319 g/mol. The van der Waals surface area contributed by atoms with E-state index in [0.29, 0.717) is 23.4 Å². The van der Waals surface area contributed by atoms with Crippen LogP contribution in [0.25, 0.3) is 10.9 Å². The average Bonchev–Trinajstić information content (AvgIpc) is 3.03. The number of hydrogen-bond donors (Lipinski definition) is 2. The van der Waals surface area contributed by atoms with Crippen LogP contribution in [0.4, 0.5) is 5.82 Å². The number of rotatable bonds is 4. The number of nitrogens with zero attached hydrogens (tertiary/aromatic N) is 3. The van der Waals surface area contributed by atoms with Crippen molar-refractivity contribution in [3.05, 3.63) is 35.9 Å². The monoisotopic (exact) mass is 319 g/mol. The zero-order valence-electron chi connectivity index (χ0n) is 12.6. The number of aromatic nitrogens is 4. The largest absolute Gasteiger partial charge is 0.358 e. The fourth-order valence-corrected chi connectivity index (χ4v) is 4.05. The minimum absolute atomic E-state index is 0.208. The third kappa shape index (κ3) is 2.25. The van der Waals surface area contributed by atoms with E-state index in [0.717, 1.165) is 5.39 Å². The van der Waals surface area contributed by atoms with Crippen LogP contribution in [0.5, 0.6) is 0 Å². The Kier molecular flexibility index (Phi) is 3.40. The Hall–Kier alpha value is -2.35. The van der Waals surface area contributed by atoms with E-state index in [4.69, 9.17) is 0 Å². The molecule has 8 heteroatoms. The molecule has 0 amide bonds. The van der Waals surface area contributed by atoms with Crippen molar-refractivity contribution in [3.8, 4) is 0 Å². The molecule has 0 saturated carbocycles. The molecule has 0 radical (unpaired) electrons. The minimum Gasteiger partial charge on any atom is -0.358 e. The summed E-state index contributed by atoms with van der Waals surface area (Å²) in [6.07, 6.45) is 3.32. The molecule has 0 aromatic carbocycles. The van der Waals surface area contributed by atoms with E-state index in [9.17, 15) is 8.42 Å². The molecule has 2 N–H and O–H groups in total. The highest BCUT2D eigenvalue weighted by molar-refractivity contribution is 7.92. The fourth-order valence-electron chi connectivity index (χ4n) is 2.62. The van der Waals surface area contributed by atoms with Crippen LogP contribution in [0, 0.1) is 13.8 Å². The molecule has 3 rings (SSSR count). The minimum atomic E-state index is -3.75. The molecule has 0 aliphatic heterocycles. The second kappa shape index (κ2) is 5.13. The number of fused-ring (bicyclic) bond motifs is 1. The molecule has 0 bridgehead atoms. The van der Waals surface area contributed by atoms with Gasteiger partial charge in [-0.15, -0.1) is 0 Å². The molecule has 0 spiro atoms. The molecule has 0 aliphatic carbocycles. The van der Waals surface area contributed by atoms with Gasteiger partial charge in [0, 0.05) is 24.3 Å². The Labute approximate surface area is 128 Å². The van der Waals surface area contributed by atoms with Crippen molar-refractivity contribution in [2.75, 3.05) is 4.72 Å². The Morgan fingerprint density at radius 2 is 2.09 bits per heavy atom. The zero-order chi connectivity index (χ0) is 15.9. The highest BCUT2D eigenvalue weighted by Gasteiger charge is 2.25. The number of anilines is 1. The first kappa shape index (κ1) is 14.6.